The van der Waals surface area contributed by atoms with Crippen molar-refractivity contribution in [3.8, 4) is 0 Å². The highest BCUT2D eigenvalue weighted by Crippen LogP contribution is 2.27. The fourth-order valence-electron chi connectivity index (χ4n) is 3.11. The maximum Gasteiger partial charge on any atom is 0.246 e. The predicted octanol–water partition coefficient (Wildman–Crippen LogP) is 4.07. The number of rotatable bonds is 7. The lowest BCUT2D eigenvalue weighted by Gasteiger charge is -2.32. The van der Waals surface area contributed by atoms with Crippen LogP contribution in [0.2, 0.25) is 5.15 Å². The third-order valence-corrected chi connectivity index (χ3v) is 4.96. The molecular formula is C21H22ClF2N3O3. The van der Waals surface area contributed by atoms with Crippen LogP contribution < -0.4 is 5.32 Å². The molecule has 9 heteroatoms. The van der Waals surface area contributed by atoms with E-state index in [0.717, 1.165) is 6.07 Å². The zero-order valence-electron chi connectivity index (χ0n) is 16.4. The van der Waals surface area contributed by atoms with Crippen molar-refractivity contribution in [1.82, 2.24) is 9.88 Å². The number of hydrogen-bond donors (Lipinski definition) is 1. The summed E-state index contributed by atoms with van der Waals surface area (Å²) >= 11 is 6.00. The van der Waals surface area contributed by atoms with Gasteiger partial charge < -0.3 is 19.7 Å². The van der Waals surface area contributed by atoms with Crippen LogP contribution in [0.1, 0.15) is 24.2 Å². The molecule has 1 aliphatic heterocycles. The number of hydrogen-bond acceptors (Lipinski definition) is 5. The van der Waals surface area contributed by atoms with Gasteiger partial charge in [0.2, 0.25) is 5.91 Å². The van der Waals surface area contributed by atoms with Crippen LogP contribution in [-0.2, 0) is 20.9 Å². The Hall–Kier alpha value is -2.55. The zero-order chi connectivity index (χ0) is 21.7. The zero-order valence-corrected chi connectivity index (χ0v) is 17.2. The Kier molecular flexibility index (Phi) is 7.36. The first-order valence-electron chi connectivity index (χ1n) is 9.38. The van der Waals surface area contributed by atoms with Gasteiger partial charge in [-0.05, 0) is 42.8 Å². The summed E-state index contributed by atoms with van der Waals surface area (Å²) in [4.78, 5) is 17.4. The molecule has 0 unspecified atom stereocenters. The quantitative estimate of drug-likeness (QED) is 0.402. The number of carbonyl (C=O) groups excluding carboxylic acids is 1. The van der Waals surface area contributed by atoms with E-state index in [4.69, 9.17) is 21.1 Å². The fourth-order valence-corrected chi connectivity index (χ4v) is 3.28. The standard InChI is InChI=1S/C21H22ClF2N3O3/c1-3-19(28)27-7-8-29-18(11-27)14-9-15(20(24)16(23)10-14)12-30-13(2)26-17-5-4-6-25-21(17)22/h3-6,9-10,13,18,26H,1,7-8,11-12H2,2H3/t13-,18+/m1/s1. The summed E-state index contributed by atoms with van der Waals surface area (Å²) in [6, 6.07) is 6.02. The lowest BCUT2D eigenvalue weighted by molar-refractivity contribution is -0.133. The lowest BCUT2D eigenvalue weighted by Crippen LogP contribution is -2.41. The highest BCUT2D eigenvalue weighted by molar-refractivity contribution is 6.31. The van der Waals surface area contributed by atoms with Gasteiger partial charge in [-0.1, -0.05) is 18.2 Å². The topological polar surface area (TPSA) is 63.7 Å². The Balaban J connectivity index is 1.69. The van der Waals surface area contributed by atoms with Crippen molar-refractivity contribution in [1.29, 1.82) is 0 Å². The lowest BCUT2D eigenvalue weighted by atomic mass is 10.0. The van der Waals surface area contributed by atoms with E-state index in [1.165, 1.54) is 12.1 Å². The number of aromatic nitrogens is 1. The van der Waals surface area contributed by atoms with E-state index >= 15 is 0 Å². The summed E-state index contributed by atoms with van der Waals surface area (Å²) in [5.74, 6) is -2.22. The van der Waals surface area contributed by atoms with Crippen molar-refractivity contribution in [2.75, 3.05) is 25.0 Å². The Morgan fingerprint density at radius 1 is 1.53 bits per heavy atom. The van der Waals surface area contributed by atoms with Crippen LogP contribution in [-0.4, -0.2) is 41.7 Å². The number of halogens is 3. The summed E-state index contributed by atoms with van der Waals surface area (Å²) in [6.45, 7) is 5.95. The summed E-state index contributed by atoms with van der Waals surface area (Å²) in [6.07, 6.45) is 1.67. The number of benzene rings is 1. The Labute approximate surface area is 178 Å². The monoisotopic (exact) mass is 437 g/mol. The molecule has 1 aromatic heterocycles. The molecule has 0 aliphatic carbocycles. The first-order valence-corrected chi connectivity index (χ1v) is 9.76. The second-order valence-electron chi connectivity index (χ2n) is 6.76. The van der Waals surface area contributed by atoms with Gasteiger partial charge in [-0.15, -0.1) is 0 Å². The molecule has 0 saturated carbocycles. The van der Waals surface area contributed by atoms with Crippen molar-refractivity contribution in [3.63, 3.8) is 0 Å². The van der Waals surface area contributed by atoms with Crippen molar-refractivity contribution in [2.45, 2.75) is 25.9 Å². The van der Waals surface area contributed by atoms with Gasteiger partial charge >= 0.3 is 0 Å². The highest BCUT2D eigenvalue weighted by atomic mass is 35.5. The van der Waals surface area contributed by atoms with E-state index in [-0.39, 0.29) is 29.8 Å². The van der Waals surface area contributed by atoms with E-state index in [9.17, 15) is 13.6 Å². The number of anilines is 1. The predicted molar refractivity (Wildman–Crippen MR) is 109 cm³/mol. The molecule has 2 heterocycles. The number of nitrogens with zero attached hydrogens (tertiary/aromatic N) is 2. The second kappa shape index (κ2) is 9.97. The van der Waals surface area contributed by atoms with Gasteiger partial charge in [-0.3, -0.25) is 4.79 Å². The number of nitrogens with one attached hydrogen (secondary N) is 1. The molecule has 1 amide bonds. The third-order valence-electron chi connectivity index (χ3n) is 4.66. The molecule has 160 valence electrons. The van der Waals surface area contributed by atoms with Gasteiger partial charge in [-0.2, -0.15) is 0 Å². The molecule has 1 N–H and O–H groups in total. The van der Waals surface area contributed by atoms with E-state index in [0.29, 0.717) is 24.4 Å². The number of amides is 1. The Morgan fingerprint density at radius 2 is 2.33 bits per heavy atom. The molecule has 0 bridgehead atoms. The normalized spacial score (nSPS) is 17.5. The van der Waals surface area contributed by atoms with Crippen molar-refractivity contribution in [2.24, 2.45) is 0 Å². The van der Waals surface area contributed by atoms with Crippen LogP contribution in [0.25, 0.3) is 0 Å². The summed E-state index contributed by atoms with van der Waals surface area (Å²) in [5.41, 5.74) is 1.05. The Morgan fingerprint density at radius 3 is 3.07 bits per heavy atom. The van der Waals surface area contributed by atoms with Gasteiger partial charge in [0.15, 0.2) is 16.8 Å². The number of carbonyl (C=O) groups is 1. The minimum Gasteiger partial charge on any atom is -0.370 e. The molecule has 1 aliphatic rings. The van der Waals surface area contributed by atoms with E-state index in [1.54, 1.807) is 30.2 Å². The van der Waals surface area contributed by atoms with Gasteiger partial charge in [0.1, 0.15) is 12.3 Å². The van der Waals surface area contributed by atoms with Crippen LogP contribution >= 0.6 is 11.6 Å². The average molecular weight is 438 g/mol. The third kappa shape index (κ3) is 5.33. The summed E-state index contributed by atoms with van der Waals surface area (Å²) in [5, 5.41) is 3.28. The second-order valence-corrected chi connectivity index (χ2v) is 7.12. The summed E-state index contributed by atoms with van der Waals surface area (Å²) < 4.78 is 39.8. The minimum absolute atomic E-state index is 0.0479. The van der Waals surface area contributed by atoms with Gasteiger partial charge in [0.25, 0.3) is 0 Å². The van der Waals surface area contributed by atoms with Crippen LogP contribution in [0.5, 0.6) is 0 Å². The molecule has 1 fully saturated rings. The van der Waals surface area contributed by atoms with Crippen LogP contribution in [0.3, 0.4) is 0 Å². The maximum absolute atomic E-state index is 14.3. The van der Waals surface area contributed by atoms with Gasteiger partial charge in [0.05, 0.1) is 25.4 Å². The highest BCUT2D eigenvalue weighted by Gasteiger charge is 2.26. The molecule has 30 heavy (non-hydrogen) atoms. The molecule has 2 atom stereocenters. The van der Waals surface area contributed by atoms with Gasteiger partial charge in [0, 0.05) is 18.3 Å². The average Bonchev–Trinajstić information content (AvgIpc) is 2.75. The number of ether oxygens (including phenoxy) is 2. The molecule has 0 radical (unpaired) electrons. The summed E-state index contributed by atoms with van der Waals surface area (Å²) in [7, 11) is 0. The molecule has 1 saturated heterocycles. The SMILES string of the molecule is C=CC(=O)N1CCO[C@H](c2cc(F)c(F)c(CO[C@H](C)Nc3cccnc3Cl)c2)C1. The van der Waals surface area contributed by atoms with E-state index < -0.39 is 24.0 Å². The molecule has 3 rings (SSSR count). The van der Waals surface area contributed by atoms with Crippen LogP contribution in [0.15, 0.2) is 43.1 Å². The van der Waals surface area contributed by atoms with Crippen molar-refractivity contribution in [3.05, 3.63) is 71.0 Å². The van der Waals surface area contributed by atoms with Gasteiger partial charge in [-0.25, -0.2) is 13.8 Å². The maximum atomic E-state index is 14.3. The number of pyridine rings is 1. The first-order chi connectivity index (χ1) is 14.4. The fraction of sp³-hybridized carbons (Fsp3) is 0.333. The molecular weight excluding hydrogens is 416 g/mol. The molecule has 2 aromatic rings. The van der Waals surface area contributed by atoms with Crippen molar-refractivity contribution < 1.29 is 23.0 Å². The smallest absolute Gasteiger partial charge is 0.246 e. The largest absolute Gasteiger partial charge is 0.370 e. The number of morpholine rings is 1. The molecule has 0 spiro atoms. The van der Waals surface area contributed by atoms with Crippen LogP contribution in [0, 0.1) is 11.6 Å². The molecule has 1 aromatic carbocycles. The van der Waals surface area contributed by atoms with E-state index in [2.05, 4.69) is 16.9 Å². The first kappa shape index (κ1) is 22.1. The Bertz CT molecular complexity index is 928. The van der Waals surface area contributed by atoms with Crippen molar-refractivity contribution >= 4 is 23.2 Å². The van der Waals surface area contributed by atoms with Crippen LogP contribution in [0.4, 0.5) is 14.5 Å². The van der Waals surface area contributed by atoms with E-state index in [1.807, 2.05) is 0 Å². The molecule has 6 nitrogen and oxygen atoms in total. The minimum atomic E-state index is -1.00.